The van der Waals surface area contributed by atoms with Gasteiger partial charge in [0.1, 0.15) is 0 Å². The van der Waals surface area contributed by atoms with E-state index in [9.17, 15) is 19.2 Å². The number of ether oxygens (including phenoxy) is 6. The van der Waals surface area contributed by atoms with E-state index in [0.717, 1.165) is 148 Å². The summed E-state index contributed by atoms with van der Waals surface area (Å²) in [4.78, 5) is 60.9. The number of esters is 4. The van der Waals surface area contributed by atoms with Crippen molar-refractivity contribution in [2.45, 2.75) is 531 Å². The van der Waals surface area contributed by atoms with E-state index in [-0.39, 0.29) is 23.9 Å². The van der Waals surface area contributed by atoms with E-state index < -0.39 is 0 Å². The van der Waals surface area contributed by atoms with Crippen molar-refractivity contribution in [2.75, 3.05) is 99.0 Å². The molecule has 0 aromatic heterocycles. The van der Waals surface area contributed by atoms with E-state index >= 15 is 0 Å². The fourth-order valence-electron chi connectivity index (χ4n) is 19.1. The molecule has 1 aliphatic heterocycles. The van der Waals surface area contributed by atoms with Crippen molar-refractivity contribution in [3.63, 3.8) is 0 Å². The van der Waals surface area contributed by atoms with Crippen LogP contribution in [-0.2, 0) is 47.6 Å². The summed E-state index contributed by atoms with van der Waals surface area (Å²) in [6.07, 6.45) is 81.4. The topological polar surface area (TPSA) is 133 Å². The Bertz CT molecular complexity index is 2140. The van der Waals surface area contributed by atoms with Crippen LogP contribution in [-0.4, -0.2) is 150 Å². The molecule has 1 fully saturated rings. The maximum absolute atomic E-state index is 14.0. The van der Waals surface area contributed by atoms with Crippen molar-refractivity contribution in [3.8, 4) is 0 Å². The summed E-state index contributed by atoms with van der Waals surface area (Å²) in [5, 5.41) is 0. The van der Waals surface area contributed by atoms with Crippen LogP contribution in [0.5, 0.6) is 0 Å². The summed E-state index contributed by atoms with van der Waals surface area (Å²) in [7, 11) is 2.24. The Morgan fingerprint density at radius 3 is 0.917 bits per heavy atom. The van der Waals surface area contributed by atoms with Gasteiger partial charge in [-0.25, -0.2) is 0 Å². The first-order valence-corrected chi connectivity index (χ1v) is 53.8. The molecule has 0 aromatic carbocycles. The van der Waals surface area contributed by atoms with Gasteiger partial charge in [0.25, 0.3) is 0 Å². The van der Waals surface area contributed by atoms with Gasteiger partial charge < -0.3 is 43.1 Å². The van der Waals surface area contributed by atoms with E-state index in [1.165, 1.54) is 341 Å². The van der Waals surface area contributed by atoms with Crippen LogP contribution in [0.4, 0.5) is 0 Å². The molecule has 6 atom stereocenters. The molecule has 0 radical (unpaired) electrons. The second-order valence-electron chi connectivity index (χ2n) is 38.2. The fourth-order valence-corrected chi connectivity index (χ4v) is 19.1. The summed E-state index contributed by atoms with van der Waals surface area (Å²) in [6, 6.07) is 0. The molecular formula is C107H209N3O10. The lowest BCUT2D eigenvalue weighted by Gasteiger charge is -2.36. The zero-order valence-electron chi connectivity index (χ0n) is 82.4. The summed E-state index contributed by atoms with van der Waals surface area (Å²) >= 11 is 0. The molecule has 6 unspecified atom stereocenters. The summed E-state index contributed by atoms with van der Waals surface area (Å²) < 4.78 is 37.1. The van der Waals surface area contributed by atoms with Crippen LogP contribution in [0.2, 0.25) is 0 Å². The molecule has 712 valence electrons. The molecule has 0 aliphatic carbocycles. The Balaban J connectivity index is 2.66. The van der Waals surface area contributed by atoms with Gasteiger partial charge in [0, 0.05) is 65.1 Å². The monoisotopic (exact) mass is 1700 g/mol. The fraction of sp³-hybridized carbons (Fsp3) is 0.963. The van der Waals surface area contributed by atoms with Crippen molar-refractivity contribution in [1.29, 1.82) is 0 Å². The standard InChI is InChI=1S/C107H209N3O10/c1-12-22-49-68-96(69-50-23-13-2)92-104(111)117-87-61-45-37-29-33-41-55-74-101(115-85-65-59-79-109(20-9)21-10)75-56-42-35-31-39-47-63-89-119-106(113)94-98(72-53-26-16-5)91-99(67-19-8)103(78-28-18-7)100(73-54-27-17-6)95-107(114)120-90-64-48-40-32-36-44-58-77-102(116-86-66-60-80-110-83-81-108(11)82-84-110)76-57-43-34-30-38-46-62-88-118-105(112)93-97(70-51-24-14-3)71-52-25-15-4/h96-103H,12-95H2,1-11H3. The van der Waals surface area contributed by atoms with E-state index in [4.69, 9.17) is 28.4 Å². The largest absolute Gasteiger partial charge is 0.466 e. The number of unbranched alkanes of at least 4 members (excludes halogenated alkanes) is 39. The number of likely N-dealkylation sites (N-methyl/N-ethyl adjacent to an activating group) is 1. The predicted molar refractivity (Wildman–Crippen MR) is 515 cm³/mol. The molecule has 120 heavy (non-hydrogen) atoms. The molecule has 0 amide bonds. The van der Waals surface area contributed by atoms with Crippen molar-refractivity contribution >= 4 is 23.9 Å². The van der Waals surface area contributed by atoms with Gasteiger partial charge >= 0.3 is 23.9 Å². The normalized spacial score (nSPS) is 14.5. The molecule has 13 heteroatoms. The highest BCUT2D eigenvalue weighted by Crippen LogP contribution is 2.41. The number of carbonyl (C=O) groups is 4. The predicted octanol–water partition coefficient (Wildman–Crippen LogP) is 30.7. The molecule has 1 rings (SSSR count). The molecule has 0 saturated carbocycles. The van der Waals surface area contributed by atoms with Gasteiger partial charge in [0.05, 0.1) is 38.6 Å². The number of hydrogen-bond donors (Lipinski definition) is 0. The lowest BCUT2D eigenvalue weighted by molar-refractivity contribution is -0.146. The number of carbonyl (C=O) groups excluding carboxylic acids is 4. The van der Waals surface area contributed by atoms with Gasteiger partial charge in [-0.05, 0) is 197 Å². The smallest absolute Gasteiger partial charge is 0.306 e. The van der Waals surface area contributed by atoms with E-state index in [1.54, 1.807) is 0 Å². The van der Waals surface area contributed by atoms with E-state index in [0.29, 0.717) is 99.8 Å². The molecule has 0 aromatic rings. The first-order chi connectivity index (χ1) is 58.8. The van der Waals surface area contributed by atoms with Crippen LogP contribution < -0.4 is 0 Å². The van der Waals surface area contributed by atoms with Crippen molar-refractivity contribution in [3.05, 3.63) is 0 Å². The lowest BCUT2D eigenvalue weighted by Crippen LogP contribution is -2.44. The quantitative estimate of drug-likeness (QED) is 0.0325. The Morgan fingerprint density at radius 1 is 0.267 bits per heavy atom. The maximum Gasteiger partial charge on any atom is 0.306 e. The molecule has 1 saturated heterocycles. The summed E-state index contributed by atoms with van der Waals surface area (Å²) in [5.41, 5.74) is 0. The van der Waals surface area contributed by atoms with Gasteiger partial charge in [-0.15, -0.1) is 0 Å². The third-order valence-corrected chi connectivity index (χ3v) is 27.1. The average molecular weight is 1700 g/mol. The SMILES string of the molecule is CCCCCC(CCCCC)CC(=O)OCCCCCCCCCC(CCCCCCCCCOC(=O)CC(CCCCC)CC(CCC)C(CCCC)C(CCCCC)CC(=O)OCCCCCCCCCC(CCCCCCCCCOC(=O)CC(CCCCC)CCCCC)OCCCCN1CCN(C)CC1)OCCCCN(CC)CC. The third kappa shape index (κ3) is 72.7. The Morgan fingerprint density at radius 2 is 0.567 bits per heavy atom. The zero-order valence-corrected chi connectivity index (χ0v) is 82.4. The molecule has 0 bridgehead atoms. The highest BCUT2D eigenvalue weighted by molar-refractivity contribution is 5.70. The van der Waals surface area contributed by atoms with Gasteiger partial charge in [0.15, 0.2) is 0 Å². The first kappa shape index (κ1) is 116. The second kappa shape index (κ2) is 88.7. The molecule has 1 heterocycles. The minimum Gasteiger partial charge on any atom is -0.466 e. The lowest BCUT2D eigenvalue weighted by atomic mass is 9.69. The van der Waals surface area contributed by atoms with Crippen LogP contribution >= 0.6 is 0 Å². The highest BCUT2D eigenvalue weighted by atomic mass is 16.5. The number of rotatable bonds is 95. The number of nitrogens with zero attached hydrogens (tertiary/aromatic N) is 3. The van der Waals surface area contributed by atoms with Gasteiger partial charge in [-0.3, -0.25) is 19.2 Å². The van der Waals surface area contributed by atoms with Crippen molar-refractivity contribution in [1.82, 2.24) is 14.7 Å². The van der Waals surface area contributed by atoms with Gasteiger partial charge in [0.2, 0.25) is 0 Å². The van der Waals surface area contributed by atoms with Crippen LogP contribution in [0, 0.1) is 35.5 Å². The van der Waals surface area contributed by atoms with E-state index in [1.807, 2.05) is 0 Å². The highest BCUT2D eigenvalue weighted by Gasteiger charge is 2.33. The van der Waals surface area contributed by atoms with Crippen LogP contribution in [0.25, 0.3) is 0 Å². The second-order valence-corrected chi connectivity index (χ2v) is 38.2. The minimum atomic E-state index is -0.00333. The van der Waals surface area contributed by atoms with Crippen molar-refractivity contribution in [2.24, 2.45) is 35.5 Å². The Hall–Kier alpha value is -2.32. The summed E-state index contributed by atoms with van der Waals surface area (Å²) in [5.74, 6) is 2.63. The van der Waals surface area contributed by atoms with Crippen LogP contribution in [0.3, 0.4) is 0 Å². The molecule has 0 spiro atoms. The summed E-state index contributed by atoms with van der Waals surface area (Å²) in [6.45, 7) is 36.1. The molecular weight excluding hydrogens is 1490 g/mol. The number of piperazine rings is 1. The Kier molecular flexibility index (Phi) is 85.5. The maximum atomic E-state index is 14.0. The van der Waals surface area contributed by atoms with Gasteiger partial charge in [-0.2, -0.15) is 0 Å². The number of hydrogen-bond acceptors (Lipinski definition) is 13. The average Bonchev–Trinajstić information content (AvgIpc) is 0.850. The van der Waals surface area contributed by atoms with Crippen LogP contribution in [0.15, 0.2) is 0 Å². The van der Waals surface area contributed by atoms with Crippen molar-refractivity contribution < 1.29 is 47.6 Å². The third-order valence-electron chi connectivity index (χ3n) is 27.1. The first-order valence-electron chi connectivity index (χ1n) is 53.8. The van der Waals surface area contributed by atoms with Crippen LogP contribution in [0.1, 0.15) is 519 Å². The molecule has 0 N–H and O–H groups in total. The Labute approximate surface area is 747 Å². The van der Waals surface area contributed by atoms with Gasteiger partial charge in [-0.1, -0.05) is 365 Å². The van der Waals surface area contributed by atoms with E-state index in [2.05, 4.69) is 91.0 Å². The molecule has 13 nitrogen and oxygen atoms in total. The zero-order chi connectivity index (χ0) is 87.3. The minimum absolute atomic E-state index is 0.00333. The molecule has 1 aliphatic rings.